The zero-order chi connectivity index (χ0) is 28.9. The zero-order valence-corrected chi connectivity index (χ0v) is 25.3. The van der Waals surface area contributed by atoms with Crippen LogP contribution in [0, 0.1) is 0 Å². The van der Waals surface area contributed by atoms with Gasteiger partial charge >= 0.3 is 6.03 Å². The molecular formula is C28H41FN6O4Si. The first kappa shape index (κ1) is 29.8. The van der Waals surface area contributed by atoms with Gasteiger partial charge in [0.05, 0.1) is 25.3 Å². The number of hydrogen-bond acceptors (Lipinski definition) is 7. The molecule has 0 aromatic carbocycles. The smallest absolute Gasteiger partial charge is 0.320 e. The van der Waals surface area contributed by atoms with Gasteiger partial charge in [0, 0.05) is 44.6 Å². The van der Waals surface area contributed by atoms with Crippen molar-refractivity contribution in [3.05, 3.63) is 30.6 Å². The first-order chi connectivity index (χ1) is 19.0. The van der Waals surface area contributed by atoms with E-state index in [-0.39, 0.29) is 19.2 Å². The fraction of sp³-hybridized carbons (Fsp3) is 0.536. The van der Waals surface area contributed by atoms with Crippen LogP contribution in [0.25, 0.3) is 22.2 Å². The van der Waals surface area contributed by atoms with E-state index in [1.807, 2.05) is 22.9 Å². The summed E-state index contributed by atoms with van der Waals surface area (Å²) in [5, 5.41) is 6.13. The average Bonchev–Trinajstić information content (AvgIpc) is 3.63. The summed E-state index contributed by atoms with van der Waals surface area (Å²) in [7, 11) is 3.90. The van der Waals surface area contributed by atoms with Crippen LogP contribution in [0.15, 0.2) is 30.6 Å². The Morgan fingerprint density at radius 1 is 1.25 bits per heavy atom. The lowest BCUT2D eigenvalue weighted by Crippen LogP contribution is -2.37. The van der Waals surface area contributed by atoms with Crippen LogP contribution in [-0.2, 0) is 11.5 Å². The minimum Gasteiger partial charge on any atom is -0.490 e. The number of methoxy groups -OCH3 is 1. The molecule has 2 N–H and O–H groups in total. The minimum atomic E-state index is -1.25. The van der Waals surface area contributed by atoms with Gasteiger partial charge in [-0.3, -0.25) is 5.32 Å². The number of nitrogens with one attached hydrogen (secondary N) is 2. The predicted octanol–water partition coefficient (Wildman–Crippen LogP) is 4.98. The van der Waals surface area contributed by atoms with Crippen molar-refractivity contribution in [1.82, 2.24) is 24.8 Å². The molecule has 3 aromatic heterocycles. The zero-order valence-electron chi connectivity index (χ0n) is 24.3. The highest BCUT2D eigenvalue weighted by atomic mass is 28.3. The number of amides is 2. The summed E-state index contributed by atoms with van der Waals surface area (Å²) in [4.78, 5) is 23.4. The lowest BCUT2D eigenvalue weighted by atomic mass is 10.1. The highest BCUT2D eigenvalue weighted by Crippen LogP contribution is 2.43. The number of rotatable bonds is 14. The molecule has 1 unspecified atom stereocenters. The summed E-state index contributed by atoms with van der Waals surface area (Å²) in [6.07, 6.45) is 4.70. The van der Waals surface area contributed by atoms with Crippen molar-refractivity contribution in [2.45, 2.75) is 57.5 Å². The number of alkyl halides is 1. The molecule has 1 fully saturated rings. The third kappa shape index (κ3) is 8.15. The molecule has 0 radical (unpaired) electrons. The Labute approximate surface area is 236 Å². The standard InChI is InChI=1S/C28H41FN6O4Si/c1-34(2)16-19(29)15-31-28(36)33-24-10-9-21-22(17-35(26(21)32-24)18-38-13-14-40(4,5)6)25-23(39-20-7-8-20)11-12-30-27(25)37-3/h9-12,17,19-20H,7-8,13-16,18H2,1-6H3,(H2,31,32,33,36). The van der Waals surface area contributed by atoms with Crippen molar-refractivity contribution in [3.63, 3.8) is 0 Å². The Kier molecular flexibility index (Phi) is 9.64. The maximum Gasteiger partial charge on any atom is 0.320 e. The van der Waals surface area contributed by atoms with E-state index in [4.69, 9.17) is 19.2 Å². The maximum atomic E-state index is 14.0. The number of urea groups is 1. The third-order valence-electron chi connectivity index (χ3n) is 6.40. The van der Waals surface area contributed by atoms with Gasteiger partial charge in [0.15, 0.2) is 0 Å². The van der Waals surface area contributed by atoms with Crippen LogP contribution in [0.1, 0.15) is 12.8 Å². The second-order valence-corrected chi connectivity index (χ2v) is 17.3. The SMILES string of the molecule is COc1nccc(OC2CC2)c1-c1cn(COCC[Si](C)(C)C)c2nc(NC(=O)NCC(F)CN(C)C)ccc12. The molecule has 4 rings (SSSR count). The second kappa shape index (κ2) is 13.0. The van der Waals surface area contributed by atoms with Crippen LogP contribution in [0.5, 0.6) is 11.6 Å². The van der Waals surface area contributed by atoms with Gasteiger partial charge in [-0.2, -0.15) is 0 Å². The van der Waals surface area contributed by atoms with Crippen molar-refractivity contribution in [1.29, 1.82) is 0 Å². The normalized spacial score (nSPS) is 14.4. The van der Waals surface area contributed by atoms with Crippen molar-refractivity contribution in [3.8, 4) is 22.8 Å². The van der Waals surface area contributed by atoms with Crippen LogP contribution in [0.3, 0.4) is 0 Å². The fourth-order valence-electron chi connectivity index (χ4n) is 4.19. The Morgan fingerprint density at radius 2 is 2.02 bits per heavy atom. The van der Waals surface area contributed by atoms with Crippen LogP contribution in [-0.4, -0.2) is 86.7 Å². The Bertz CT molecular complexity index is 1310. The largest absolute Gasteiger partial charge is 0.490 e. The van der Waals surface area contributed by atoms with E-state index in [0.717, 1.165) is 35.4 Å². The third-order valence-corrected chi connectivity index (χ3v) is 8.10. The summed E-state index contributed by atoms with van der Waals surface area (Å²) in [6.45, 7) is 8.00. The summed E-state index contributed by atoms with van der Waals surface area (Å²) in [5.74, 6) is 1.50. The highest BCUT2D eigenvalue weighted by Gasteiger charge is 2.28. The van der Waals surface area contributed by atoms with E-state index in [2.05, 4.69) is 35.3 Å². The summed E-state index contributed by atoms with van der Waals surface area (Å²) >= 11 is 0. The fourth-order valence-corrected chi connectivity index (χ4v) is 4.95. The number of hydrogen-bond donors (Lipinski definition) is 2. The summed E-state index contributed by atoms with van der Waals surface area (Å²) in [6, 6.07) is 5.99. The Hall–Kier alpha value is -3.22. The minimum absolute atomic E-state index is 0.0950. The van der Waals surface area contributed by atoms with E-state index < -0.39 is 20.3 Å². The van der Waals surface area contributed by atoms with Gasteiger partial charge in [0.2, 0.25) is 5.88 Å². The molecule has 12 heteroatoms. The molecule has 2 amide bonds. The molecule has 1 saturated carbocycles. The van der Waals surface area contributed by atoms with Gasteiger partial charge in [-0.15, -0.1) is 0 Å². The topological polar surface area (TPSA) is 103 Å². The number of nitrogens with zero attached hydrogens (tertiary/aromatic N) is 4. The molecular weight excluding hydrogens is 531 g/mol. The lowest BCUT2D eigenvalue weighted by Gasteiger charge is -2.16. The van der Waals surface area contributed by atoms with E-state index in [1.54, 1.807) is 38.4 Å². The van der Waals surface area contributed by atoms with Crippen molar-refractivity contribution in [2.24, 2.45) is 0 Å². The number of ether oxygens (including phenoxy) is 3. The van der Waals surface area contributed by atoms with Gasteiger partial charge in [0.1, 0.15) is 30.1 Å². The molecule has 0 spiro atoms. The molecule has 1 aliphatic rings. The van der Waals surface area contributed by atoms with E-state index in [0.29, 0.717) is 36.4 Å². The molecule has 3 aromatic rings. The molecule has 40 heavy (non-hydrogen) atoms. The predicted molar refractivity (Wildman–Crippen MR) is 158 cm³/mol. The van der Waals surface area contributed by atoms with Crippen LogP contribution in [0.4, 0.5) is 15.0 Å². The summed E-state index contributed by atoms with van der Waals surface area (Å²) in [5.41, 5.74) is 2.22. The second-order valence-electron chi connectivity index (χ2n) is 11.6. The van der Waals surface area contributed by atoms with E-state index in [9.17, 15) is 9.18 Å². The van der Waals surface area contributed by atoms with Gasteiger partial charge < -0.3 is 29.0 Å². The summed E-state index contributed by atoms with van der Waals surface area (Å²) < 4.78 is 33.9. The molecule has 0 aliphatic heterocycles. The molecule has 10 nitrogen and oxygen atoms in total. The number of carbonyl (C=O) groups is 1. The van der Waals surface area contributed by atoms with Crippen molar-refractivity contribution >= 4 is 31.0 Å². The van der Waals surface area contributed by atoms with Crippen LogP contribution < -0.4 is 20.1 Å². The van der Waals surface area contributed by atoms with Gasteiger partial charge in [0.25, 0.3) is 0 Å². The molecule has 1 aliphatic carbocycles. The van der Waals surface area contributed by atoms with Crippen molar-refractivity contribution in [2.75, 3.05) is 46.2 Å². The molecule has 0 saturated heterocycles. The number of halogens is 1. The van der Waals surface area contributed by atoms with Gasteiger partial charge in [-0.05, 0) is 51.2 Å². The van der Waals surface area contributed by atoms with Gasteiger partial charge in [-0.25, -0.2) is 19.2 Å². The molecule has 218 valence electrons. The monoisotopic (exact) mass is 572 g/mol. The number of pyridine rings is 2. The lowest BCUT2D eigenvalue weighted by molar-refractivity contribution is 0.0899. The number of anilines is 1. The number of aromatic nitrogens is 3. The van der Waals surface area contributed by atoms with Crippen LogP contribution in [0.2, 0.25) is 25.7 Å². The number of fused-ring (bicyclic) bond motifs is 1. The first-order valence-corrected chi connectivity index (χ1v) is 17.4. The van der Waals surface area contributed by atoms with E-state index >= 15 is 0 Å². The first-order valence-electron chi connectivity index (χ1n) is 13.7. The van der Waals surface area contributed by atoms with Crippen molar-refractivity contribution < 1.29 is 23.4 Å². The van der Waals surface area contributed by atoms with Gasteiger partial charge in [-0.1, -0.05) is 19.6 Å². The Balaban J connectivity index is 1.63. The maximum absolute atomic E-state index is 14.0. The molecule has 0 bridgehead atoms. The molecule has 3 heterocycles. The molecule has 1 atom stereocenters. The van der Waals surface area contributed by atoms with Crippen LogP contribution >= 0.6 is 0 Å². The highest BCUT2D eigenvalue weighted by molar-refractivity contribution is 6.76. The van der Waals surface area contributed by atoms with E-state index in [1.165, 1.54) is 0 Å². The average molecular weight is 573 g/mol. The number of carbonyl (C=O) groups excluding carboxylic acids is 1. The quantitative estimate of drug-likeness (QED) is 0.207. The Morgan fingerprint density at radius 3 is 2.70 bits per heavy atom.